The van der Waals surface area contributed by atoms with Crippen molar-refractivity contribution in [2.75, 3.05) is 0 Å². The van der Waals surface area contributed by atoms with Crippen LogP contribution >= 0.6 is 0 Å². The Bertz CT molecular complexity index is 236. The highest BCUT2D eigenvalue weighted by Crippen LogP contribution is 2.20. The Morgan fingerprint density at radius 2 is 1.33 bits per heavy atom. The summed E-state index contributed by atoms with van der Waals surface area (Å²) in [5.41, 5.74) is -0.815. The van der Waals surface area contributed by atoms with Gasteiger partial charge in [-0.2, -0.15) is 0 Å². The summed E-state index contributed by atoms with van der Waals surface area (Å²) in [6.07, 6.45) is 0. The smallest absolute Gasteiger partial charge is 0.323 e. The van der Waals surface area contributed by atoms with Crippen molar-refractivity contribution in [3.63, 3.8) is 0 Å². The van der Waals surface area contributed by atoms with Gasteiger partial charge in [0.15, 0.2) is 8.32 Å². The van der Waals surface area contributed by atoms with Gasteiger partial charge in [0.05, 0.1) is 0 Å². The van der Waals surface area contributed by atoms with Gasteiger partial charge in [0.1, 0.15) is 5.60 Å². The van der Waals surface area contributed by atoms with E-state index in [1.54, 1.807) is 13.8 Å². The van der Waals surface area contributed by atoms with Crippen LogP contribution in [0.4, 0.5) is 0 Å². The van der Waals surface area contributed by atoms with Crippen LogP contribution in [-0.4, -0.2) is 28.2 Å². The van der Waals surface area contributed by atoms with E-state index in [1.807, 2.05) is 19.6 Å². The van der Waals surface area contributed by atoms with Gasteiger partial charge in [0.2, 0.25) is 8.32 Å². The van der Waals surface area contributed by atoms with Crippen LogP contribution in [0.3, 0.4) is 0 Å². The molecule has 0 atom stereocenters. The molecule has 0 amide bonds. The Balaban J connectivity index is 4.54. The van der Waals surface area contributed by atoms with E-state index in [9.17, 15) is 4.79 Å². The molecule has 0 saturated carbocycles. The lowest BCUT2D eigenvalue weighted by molar-refractivity contribution is -0.150. The number of hydrogen-bond acceptors (Lipinski definition) is 3. The lowest BCUT2D eigenvalue weighted by Crippen LogP contribution is -2.48. The average molecular weight is 248 g/mol. The molecule has 0 aliphatic carbocycles. The lowest BCUT2D eigenvalue weighted by Gasteiger charge is -2.33. The second kappa shape index (κ2) is 4.39. The van der Waals surface area contributed by atoms with Crippen LogP contribution < -0.4 is 0 Å². The zero-order valence-corrected chi connectivity index (χ0v) is 13.2. The highest BCUT2D eigenvalue weighted by molar-refractivity contribution is 6.71. The maximum absolute atomic E-state index is 11.9. The van der Waals surface area contributed by atoms with Crippen molar-refractivity contribution >= 4 is 22.6 Å². The van der Waals surface area contributed by atoms with Crippen LogP contribution in [-0.2, 0) is 13.6 Å². The summed E-state index contributed by atoms with van der Waals surface area (Å²) in [5.74, 6) is -0.232. The molecule has 0 rings (SSSR count). The number of hydrogen-bond donors (Lipinski definition) is 0. The summed E-state index contributed by atoms with van der Waals surface area (Å²) in [5, 5.41) is 0. The summed E-state index contributed by atoms with van der Waals surface area (Å²) in [4.78, 5) is 11.9. The maximum Gasteiger partial charge on any atom is 0.323 e. The Morgan fingerprint density at radius 1 is 0.933 bits per heavy atom. The average Bonchev–Trinajstić information content (AvgIpc) is 1.75. The predicted octanol–water partition coefficient (Wildman–Crippen LogP) is 2.99. The molecule has 0 unspecified atom stereocenters. The molecule has 0 aliphatic heterocycles. The van der Waals surface area contributed by atoms with Crippen molar-refractivity contribution < 1.29 is 13.6 Å². The predicted molar refractivity (Wildman–Crippen MR) is 67.9 cm³/mol. The van der Waals surface area contributed by atoms with E-state index in [4.69, 9.17) is 8.85 Å². The molecule has 5 heteroatoms. The second-order valence-corrected chi connectivity index (χ2v) is 15.1. The fourth-order valence-corrected chi connectivity index (χ4v) is 3.62. The summed E-state index contributed by atoms with van der Waals surface area (Å²) >= 11 is 0. The monoisotopic (exact) mass is 248 g/mol. The fraction of sp³-hybridized carbons (Fsp3) is 0.900. The molecule has 0 bridgehead atoms. The van der Waals surface area contributed by atoms with E-state index in [0.29, 0.717) is 0 Å². The topological polar surface area (TPSA) is 35.5 Å². The molecule has 90 valence electrons. The molecule has 0 aromatic carbocycles. The Kier molecular flexibility index (Phi) is 4.35. The molecule has 0 heterocycles. The standard InChI is InChI=1S/C10H24O3Si2/c1-10(2,13-15(6,7)8)9(11)12-14(3,4)5/h1-8H3. The molecule has 0 radical (unpaired) electrons. The zero-order chi connectivity index (χ0) is 12.5. The van der Waals surface area contributed by atoms with Gasteiger partial charge in [-0.1, -0.05) is 0 Å². The van der Waals surface area contributed by atoms with E-state index in [2.05, 4.69) is 19.6 Å². The van der Waals surface area contributed by atoms with Crippen LogP contribution in [0.5, 0.6) is 0 Å². The lowest BCUT2D eigenvalue weighted by atomic mass is 10.1. The second-order valence-electron chi connectivity index (χ2n) is 6.23. The minimum absolute atomic E-state index is 0.232. The van der Waals surface area contributed by atoms with Crippen LogP contribution in [0, 0.1) is 0 Å². The Morgan fingerprint density at radius 3 is 1.60 bits per heavy atom. The van der Waals surface area contributed by atoms with Crippen molar-refractivity contribution in [2.45, 2.75) is 58.7 Å². The highest BCUT2D eigenvalue weighted by atomic mass is 28.4. The van der Waals surface area contributed by atoms with E-state index < -0.39 is 22.2 Å². The quantitative estimate of drug-likeness (QED) is 0.718. The molecule has 3 nitrogen and oxygen atoms in total. The number of rotatable bonds is 4. The first kappa shape index (κ1) is 14.9. The van der Waals surface area contributed by atoms with Gasteiger partial charge in [-0.3, -0.25) is 4.79 Å². The van der Waals surface area contributed by atoms with Crippen LogP contribution in [0.1, 0.15) is 13.8 Å². The molecule has 0 fully saturated rings. The van der Waals surface area contributed by atoms with Gasteiger partial charge in [-0.25, -0.2) is 0 Å². The van der Waals surface area contributed by atoms with Gasteiger partial charge < -0.3 is 8.85 Å². The van der Waals surface area contributed by atoms with E-state index in [0.717, 1.165) is 0 Å². The van der Waals surface area contributed by atoms with Crippen LogP contribution in [0.25, 0.3) is 0 Å². The van der Waals surface area contributed by atoms with Crippen molar-refractivity contribution in [3.8, 4) is 0 Å². The molecule has 0 N–H and O–H groups in total. The molecular weight excluding hydrogens is 224 g/mol. The molecule has 15 heavy (non-hydrogen) atoms. The van der Waals surface area contributed by atoms with Crippen molar-refractivity contribution in [2.24, 2.45) is 0 Å². The Hall–Kier alpha value is -0.136. The maximum atomic E-state index is 11.9. The van der Waals surface area contributed by atoms with Gasteiger partial charge in [0.25, 0.3) is 0 Å². The summed E-state index contributed by atoms with van der Waals surface area (Å²) in [6, 6.07) is 0. The molecule has 0 saturated heterocycles. The van der Waals surface area contributed by atoms with Crippen LogP contribution in [0.2, 0.25) is 39.3 Å². The van der Waals surface area contributed by atoms with Crippen LogP contribution in [0.15, 0.2) is 0 Å². The molecular formula is C10H24O3Si2. The third-order valence-corrected chi connectivity index (χ3v) is 3.37. The third-order valence-electron chi connectivity index (χ3n) is 1.45. The first-order valence-electron chi connectivity index (χ1n) is 5.27. The number of carbonyl (C=O) groups excluding carboxylic acids is 1. The van der Waals surface area contributed by atoms with Gasteiger partial charge in [0, 0.05) is 0 Å². The van der Waals surface area contributed by atoms with Crippen molar-refractivity contribution in [1.29, 1.82) is 0 Å². The van der Waals surface area contributed by atoms with Gasteiger partial charge in [-0.05, 0) is 53.1 Å². The van der Waals surface area contributed by atoms with Gasteiger partial charge in [-0.15, -0.1) is 0 Å². The van der Waals surface area contributed by atoms with Crippen molar-refractivity contribution in [3.05, 3.63) is 0 Å². The number of carbonyl (C=O) groups is 1. The molecule has 0 aromatic rings. The summed E-state index contributed by atoms with van der Waals surface area (Å²) < 4.78 is 11.3. The zero-order valence-electron chi connectivity index (χ0n) is 11.2. The third kappa shape index (κ3) is 6.86. The summed E-state index contributed by atoms with van der Waals surface area (Å²) in [6.45, 7) is 15.8. The first-order valence-corrected chi connectivity index (χ1v) is 12.1. The largest absolute Gasteiger partial charge is 0.518 e. The van der Waals surface area contributed by atoms with E-state index >= 15 is 0 Å². The first-order chi connectivity index (χ1) is 6.33. The normalized spacial score (nSPS) is 13.9. The molecule has 0 aliphatic rings. The van der Waals surface area contributed by atoms with E-state index in [-0.39, 0.29) is 5.97 Å². The minimum atomic E-state index is -1.82. The van der Waals surface area contributed by atoms with Crippen molar-refractivity contribution in [1.82, 2.24) is 0 Å². The SMILES string of the molecule is CC(C)(O[Si](C)(C)C)C(=O)O[Si](C)(C)C. The molecule has 0 aromatic heterocycles. The minimum Gasteiger partial charge on any atom is -0.518 e. The molecule has 0 spiro atoms. The van der Waals surface area contributed by atoms with Gasteiger partial charge >= 0.3 is 5.97 Å². The summed E-state index contributed by atoms with van der Waals surface area (Å²) in [7, 11) is -3.54. The Labute approximate surface area is 95.4 Å². The van der Waals surface area contributed by atoms with E-state index in [1.165, 1.54) is 0 Å². The highest BCUT2D eigenvalue weighted by Gasteiger charge is 2.37. The fourth-order valence-electron chi connectivity index (χ4n) is 1.21.